The van der Waals surface area contributed by atoms with Gasteiger partial charge in [-0.1, -0.05) is 60.7 Å². The number of carbonyl (C=O) groups excluding carboxylic acids is 1. The van der Waals surface area contributed by atoms with E-state index >= 15 is 0 Å². The third-order valence-corrected chi connectivity index (χ3v) is 4.16. The lowest BCUT2D eigenvalue weighted by molar-refractivity contribution is -0.0937. The summed E-state index contributed by atoms with van der Waals surface area (Å²) >= 11 is 0. The Balaban J connectivity index is 1.41. The zero-order valence-corrected chi connectivity index (χ0v) is 13.0. The van der Waals surface area contributed by atoms with Crippen molar-refractivity contribution in [3.8, 4) is 0 Å². The molecule has 1 fully saturated rings. The van der Waals surface area contributed by atoms with Crippen LogP contribution in [-0.2, 0) is 17.8 Å². The third-order valence-electron chi connectivity index (χ3n) is 4.16. The normalized spacial score (nSPS) is 15.8. The number of amides is 1. The molecule has 1 amide bonds. The quantitative estimate of drug-likeness (QED) is 0.923. The Morgan fingerprint density at radius 3 is 2.17 bits per heavy atom. The lowest BCUT2D eigenvalue weighted by Gasteiger charge is -2.45. The number of benzene rings is 2. The summed E-state index contributed by atoms with van der Waals surface area (Å²) in [6.07, 6.45) is 1.10. The van der Waals surface area contributed by atoms with E-state index < -0.39 is 5.60 Å². The van der Waals surface area contributed by atoms with Crippen LogP contribution in [0, 0.1) is 0 Å². The monoisotopic (exact) mass is 311 g/mol. The highest BCUT2D eigenvalue weighted by Gasteiger charge is 2.43. The predicted octanol–water partition coefficient (Wildman–Crippen LogP) is 3.00. The first kappa shape index (κ1) is 15.6. The molecule has 0 saturated carbocycles. The second-order valence-corrected chi connectivity index (χ2v) is 6.11. The van der Waals surface area contributed by atoms with Crippen LogP contribution < -0.4 is 0 Å². The van der Waals surface area contributed by atoms with Gasteiger partial charge in [0, 0.05) is 0 Å². The number of carbonyl (C=O) groups is 1. The van der Waals surface area contributed by atoms with Gasteiger partial charge in [0.05, 0.1) is 13.1 Å². The predicted molar refractivity (Wildman–Crippen MR) is 87.9 cm³/mol. The molecule has 3 rings (SSSR count). The lowest BCUT2D eigenvalue weighted by atomic mass is 9.88. The van der Waals surface area contributed by atoms with E-state index in [4.69, 9.17) is 4.74 Å². The van der Waals surface area contributed by atoms with Crippen LogP contribution in [0.3, 0.4) is 0 Å². The van der Waals surface area contributed by atoms with Gasteiger partial charge in [0.15, 0.2) is 0 Å². The van der Waals surface area contributed by atoms with E-state index in [0.29, 0.717) is 19.5 Å². The highest BCUT2D eigenvalue weighted by atomic mass is 16.6. The molecule has 0 radical (unpaired) electrons. The van der Waals surface area contributed by atoms with Crippen LogP contribution in [0.15, 0.2) is 60.7 Å². The first-order valence-corrected chi connectivity index (χ1v) is 7.87. The molecule has 0 spiro atoms. The molecule has 0 bridgehead atoms. The third kappa shape index (κ3) is 4.11. The van der Waals surface area contributed by atoms with Crippen molar-refractivity contribution in [2.75, 3.05) is 13.1 Å². The number of likely N-dealkylation sites (tertiary alicyclic amines) is 1. The summed E-state index contributed by atoms with van der Waals surface area (Å²) in [6.45, 7) is 0.944. The summed E-state index contributed by atoms with van der Waals surface area (Å²) in [6, 6.07) is 19.6. The van der Waals surface area contributed by atoms with Crippen molar-refractivity contribution < 1.29 is 14.6 Å². The van der Waals surface area contributed by atoms with Crippen LogP contribution in [0.5, 0.6) is 0 Å². The van der Waals surface area contributed by atoms with Crippen molar-refractivity contribution >= 4 is 6.09 Å². The molecule has 1 aliphatic rings. The van der Waals surface area contributed by atoms with Gasteiger partial charge in [0.2, 0.25) is 0 Å². The SMILES string of the molecule is O=C(OCc1ccccc1)N1CC(O)(CCc2ccccc2)C1. The Bertz CT molecular complexity index is 636. The van der Waals surface area contributed by atoms with Crippen LogP contribution in [-0.4, -0.2) is 34.8 Å². The molecule has 4 nitrogen and oxygen atoms in total. The minimum absolute atomic E-state index is 0.263. The molecule has 1 N–H and O–H groups in total. The molecule has 2 aromatic rings. The zero-order valence-electron chi connectivity index (χ0n) is 13.0. The van der Waals surface area contributed by atoms with E-state index in [2.05, 4.69) is 0 Å². The number of β-amino-alcohol motifs (C(OH)–C–C–N with tert-alkyl or cyclic N) is 1. The van der Waals surface area contributed by atoms with E-state index in [9.17, 15) is 9.90 Å². The maximum Gasteiger partial charge on any atom is 0.410 e. The van der Waals surface area contributed by atoms with Gasteiger partial charge in [0.1, 0.15) is 12.2 Å². The molecule has 4 heteroatoms. The minimum Gasteiger partial charge on any atom is -0.445 e. The van der Waals surface area contributed by atoms with E-state index in [1.54, 1.807) is 4.90 Å². The molecule has 23 heavy (non-hydrogen) atoms. The molecule has 2 aromatic carbocycles. The number of ether oxygens (including phenoxy) is 1. The van der Waals surface area contributed by atoms with Crippen LogP contribution in [0.4, 0.5) is 4.79 Å². The molecule has 0 aromatic heterocycles. The summed E-state index contributed by atoms with van der Waals surface area (Å²) in [5.74, 6) is 0. The summed E-state index contributed by atoms with van der Waals surface area (Å²) in [7, 11) is 0. The van der Waals surface area contributed by atoms with Gasteiger partial charge in [-0.3, -0.25) is 0 Å². The Labute approximate surface area is 136 Å². The average Bonchev–Trinajstić information content (AvgIpc) is 2.57. The Hall–Kier alpha value is -2.33. The number of aliphatic hydroxyl groups is 1. The van der Waals surface area contributed by atoms with Crippen LogP contribution >= 0.6 is 0 Å². The Morgan fingerprint density at radius 1 is 1.00 bits per heavy atom. The topological polar surface area (TPSA) is 49.8 Å². The number of rotatable bonds is 5. The van der Waals surface area contributed by atoms with Gasteiger partial charge in [-0.15, -0.1) is 0 Å². The molecular formula is C19H21NO3. The molecule has 0 unspecified atom stereocenters. The number of hydrogen-bond donors (Lipinski definition) is 1. The van der Waals surface area contributed by atoms with Crippen molar-refractivity contribution in [3.05, 3.63) is 71.8 Å². The van der Waals surface area contributed by atoms with Gasteiger partial charge in [-0.2, -0.15) is 0 Å². The molecule has 1 heterocycles. The van der Waals surface area contributed by atoms with E-state index in [1.165, 1.54) is 5.56 Å². The van der Waals surface area contributed by atoms with Gasteiger partial charge in [-0.05, 0) is 24.0 Å². The maximum absolute atomic E-state index is 12.0. The highest BCUT2D eigenvalue weighted by molar-refractivity contribution is 5.69. The fraction of sp³-hybridized carbons (Fsp3) is 0.316. The number of hydrogen-bond acceptors (Lipinski definition) is 3. The fourth-order valence-electron chi connectivity index (χ4n) is 2.78. The number of aryl methyl sites for hydroxylation is 1. The zero-order chi connectivity index (χ0) is 16.1. The molecular weight excluding hydrogens is 290 g/mol. The summed E-state index contributed by atoms with van der Waals surface area (Å²) in [5, 5.41) is 10.4. The second-order valence-electron chi connectivity index (χ2n) is 6.11. The Kier molecular flexibility index (Phi) is 4.63. The summed E-state index contributed by atoms with van der Waals surface area (Å²) in [5.41, 5.74) is 1.37. The van der Waals surface area contributed by atoms with Crippen LogP contribution in [0.1, 0.15) is 17.5 Å². The van der Waals surface area contributed by atoms with E-state index in [0.717, 1.165) is 12.0 Å². The Morgan fingerprint density at radius 2 is 1.57 bits per heavy atom. The molecule has 0 aliphatic carbocycles. The standard InChI is InChI=1S/C19H21NO3/c21-18(23-13-17-9-5-2-6-10-17)20-14-19(22,15-20)12-11-16-7-3-1-4-8-16/h1-10,22H,11-15H2. The largest absolute Gasteiger partial charge is 0.445 e. The van der Waals surface area contributed by atoms with Gasteiger partial charge in [0.25, 0.3) is 0 Å². The molecule has 1 aliphatic heterocycles. The smallest absolute Gasteiger partial charge is 0.410 e. The molecule has 1 saturated heterocycles. The average molecular weight is 311 g/mol. The highest BCUT2D eigenvalue weighted by Crippen LogP contribution is 2.27. The van der Waals surface area contributed by atoms with Crippen molar-refractivity contribution in [2.45, 2.75) is 25.0 Å². The minimum atomic E-state index is -0.790. The summed E-state index contributed by atoms with van der Waals surface area (Å²) < 4.78 is 5.26. The van der Waals surface area contributed by atoms with Crippen molar-refractivity contribution in [3.63, 3.8) is 0 Å². The van der Waals surface area contributed by atoms with Crippen LogP contribution in [0.25, 0.3) is 0 Å². The van der Waals surface area contributed by atoms with Gasteiger partial charge >= 0.3 is 6.09 Å². The lowest BCUT2D eigenvalue weighted by Crippen LogP contribution is -2.63. The van der Waals surface area contributed by atoms with Crippen molar-refractivity contribution in [1.29, 1.82) is 0 Å². The number of nitrogens with zero attached hydrogens (tertiary/aromatic N) is 1. The first-order chi connectivity index (χ1) is 11.1. The van der Waals surface area contributed by atoms with Gasteiger partial charge in [-0.25, -0.2) is 4.79 Å². The van der Waals surface area contributed by atoms with Crippen LogP contribution in [0.2, 0.25) is 0 Å². The van der Waals surface area contributed by atoms with Gasteiger partial charge < -0.3 is 14.7 Å². The first-order valence-electron chi connectivity index (χ1n) is 7.87. The van der Waals surface area contributed by atoms with E-state index in [1.807, 2.05) is 60.7 Å². The molecule has 0 atom stereocenters. The maximum atomic E-state index is 12.0. The summed E-state index contributed by atoms with van der Waals surface area (Å²) in [4.78, 5) is 13.5. The fourth-order valence-corrected chi connectivity index (χ4v) is 2.78. The van der Waals surface area contributed by atoms with Crippen molar-refractivity contribution in [2.24, 2.45) is 0 Å². The van der Waals surface area contributed by atoms with Crippen molar-refractivity contribution in [1.82, 2.24) is 4.90 Å². The second kappa shape index (κ2) is 6.84. The molecule has 120 valence electrons. The van der Waals surface area contributed by atoms with E-state index in [-0.39, 0.29) is 12.7 Å².